The Labute approximate surface area is 114 Å². The van der Waals surface area contributed by atoms with Crippen LogP contribution in [-0.2, 0) is 7.05 Å². The number of pyridine rings is 1. The van der Waals surface area contributed by atoms with Gasteiger partial charge < -0.3 is 9.67 Å². The van der Waals surface area contributed by atoms with Gasteiger partial charge in [0.15, 0.2) is 0 Å². The van der Waals surface area contributed by atoms with Gasteiger partial charge in [-0.1, -0.05) is 12.1 Å². The lowest BCUT2D eigenvalue weighted by Gasteiger charge is -2.00. The number of halogens is 1. The average molecular weight is 270 g/mol. The van der Waals surface area contributed by atoms with Crippen molar-refractivity contribution in [2.45, 2.75) is 0 Å². The summed E-state index contributed by atoms with van der Waals surface area (Å²) < 4.78 is 15.5. The number of hydrogen-bond donors (Lipinski definition) is 1. The van der Waals surface area contributed by atoms with E-state index in [1.807, 2.05) is 0 Å². The molecule has 2 heterocycles. The molecule has 0 saturated carbocycles. The van der Waals surface area contributed by atoms with Gasteiger partial charge in [-0.15, -0.1) is 0 Å². The van der Waals surface area contributed by atoms with Crippen molar-refractivity contribution in [3.8, 4) is 11.3 Å². The van der Waals surface area contributed by atoms with Crippen molar-refractivity contribution in [2.75, 3.05) is 0 Å². The molecule has 0 unspecified atom stereocenters. The van der Waals surface area contributed by atoms with Gasteiger partial charge in [0.25, 0.3) is 0 Å². The minimum Gasteiger partial charge on any atom is -0.478 e. The molecular formula is C15H11FN2O2. The van der Waals surface area contributed by atoms with Crippen molar-refractivity contribution in [2.24, 2.45) is 7.05 Å². The summed E-state index contributed by atoms with van der Waals surface area (Å²) in [5.41, 5.74) is 1.86. The number of carboxylic acids is 1. The largest absolute Gasteiger partial charge is 0.478 e. The third kappa shape index (κ3) is 1.84. The summed E-state index contributed by atoms with van der Waals surface area (Å²) in [4.78, 5) is 15.2. The van der Waals surface area contributed by atoms with E-state index in [1.54, 1.807) is 29.9 Å². The van der Waals surface area contributed by atoms with Gasteiger partial charge in [-0.05, 0) is 18.2 Å². The van der Waals surface area contributed by atoms with Crippen LogP contribution in [0.5, 0.6) is 0 Å². The lowest BCUT2D eigenvalue weighted by Crippen LogP contribution is -1.97. The minimum absolute atomic E-state index is 0.156. The summed E-state index contributed by atoms with van der Waals surface area (Å²) in [5.74, 6) is -1.33. The van der Waals surface area contributed by atoms with Crippen molar-refractivity contribution in [1.29, 1.82) is 0 Å². The van der Waals surface area contributed by atoms with E-state index in [4.69, 9.17) is 5.11 Å². The maximum atomic E-state index is 13.8. The van der Waals surface area contributed by atoms with Crippen LogP contribution in [-0.4, -0.2) is 20.6 Å². The molecule has 0 bridgehead atoms. The first-order chi connectivity index (χ1) is 9.58. The normalized spacial score (nSPS) is 10.9. The highest BCUT2D eigenvalue weighted by Crippen LogP contribution is 2.30. The highest BCUT2D eigenvalue weighted by molar-refractivity contribution is 5.97. The zero-order chi connectivity index (χ0) is 14.3. The predicted octanol–water partition coefficient (Wildman–Crippen LogP) is 3.08. The Morgan fingerprint density at radius 2 is 2.15 bits per heavy atom. The first kappa shape index (κ1) is 12.3. The van der Waals surface area contributed by atoms with E-state index in [-0.39, 0.29) is 11.4 Å². The number of hydrogen-bond acceptors (Lipinski definition) is 2. The van der Waals surface area contributed by atoms with E-state index in [1.165, 1.54) is 24.4 Å². The molecule has 0 saturated heterocycles. The maximum absolute atomic E-state index is 13.8. The van der Waals surface area contributed by atoms with Gasteiger partial charge in [0.2, 0.25) is 0 Å². The molecule has 0 aliphatic carbocycles. The molecule has 2 aromatic heterocycles. The number of aromatic nitrogens is 2. The second-order valence-electron chi connectivity index (χ2n) is 4.52. The standard InChI is InChI=1S/C15H11FN2O2/c1-18-8-11(10-3-2-4-12(16)14(10)18)13-7-9(15(19)20)5-6-17-13/h2-8H,1H3,(H,19,20). The van der Waals surface area contributed by atoms with Gasteiger partial charge in [-0.2, -0.15) is 0 Å². The fraction of sp³-hybridized carbons (Fsp3) is 0.0667. The minimum atomic E-state index is -1.01. The summed E-state index contributed by atoms with van der Waals surface area (Å²) >= 11 is 0. The zero-order valence-corrected chi connectivity index (χ0v) is 10.7. The fourth-order valence-corrected chi connectivity index (χ4v) is 2.33. The molecule has 1 aromatic carbocycles. The molecular weight excluding hydrogens is 259 g/mol. The summed E-state index contributed by atoms with van der Waals surface area (Å²) in [6, 6.07) is 7.73. The van der Waals surface area contributed by atoms with Gasteiger partial charge in [0, 0.05) is 30.4 Å². The van der Waals surface area contributed by atoms with Gasteiger partial charge in [0.05, 0.1) is 16.8 Å². The first-order valence-corrected chi connectivity index (χ1v) is 6.01. The Morgan fingerprint density at radius 1 is 1.35 bits per heavy atom. The number of rotatable bonds is 2. The maximum Gasteiger partial charge on any atom is 0.335 e. The molecule has 4 nitrogen and oxygen atoms in total. The van der Waals surface area contributed by atoms with E-state index < -0.39 is 5.97 Å². The number of carboxylic acid groups (broad SMARTS) is 1. The lowest BCUT2D eigenvalue weighted by molar-refractivity contribution is 0.0697. The third-order valence-corrected chi connectivity index (χ3v) is 3.24. The number of aryl methyl sites for hydroxylation is 1. The Bertz CT molecular complexity index is 824. The molecule has 0 aliphatic heterocycles. The van der Waals surface area contributed by atoms with Crippen LogP contribution in [0.3, 0.4) is 0 Å². The smallest absolute Gasteiger partial charge is 0.335 e. The van der Waals surface area contributed by atoms with Gasteiger partial charge in [-0.3, -0.25) is 4.98 Å². The average Bonchev–Trinajstić information content (AvgIpc) is 2.78. The number of benzene rings is 1. The Balaban J connectivity index is 2.28. The van der Waals surface area contributed by atoms with E-state index >= 15 is 0 Å². The summed E-state index contributed by atoms with van der Waals surface area (Å²) in [7, 11) is 1.75. The van der Waals surface area contributed by atoms with Crippen LogP contribution in [0.15, 0.2) is 42.7 Å². The summed E-state index contributed by atoms with van der Waals surface area (Å²) in [5, 5.41) is 9.74. The Kier molecular flexibility index (Phi) is 2.75. The van der Waals surface area contributed by atoms with E-state index in [0.29, 0.717) is 22.2 Å². The molecule has 100 valence electrons. The number of carbonyl (C=O) groups is 1. The van der Waals surface area contributed by atoms with Crippen molar-refractivity contribution in [3.63, 3.8) is 0 Å². The number of fused-ring (bicyclic) bond motifs is 1. The summed E-state index contributed by atoms with van der Waals surface area (Å²) in [6.07, 6.45) is 3.19. The van der Waals surface area contributed by atoms with Crippen LogP contribution in [0.2, 0.25) is 0 Å². The van der Waals surface area contributed by atoms with E-state index in [9.17, 15) is 9.18 Å². The molecule has 20 heavy (non-hydrogen) atoms. The molecule has 0 fully saturated rings. The molecule has 0 spiro atoms. The molecule has 0 amide bonds. The first-order valence-electron chi connectivity index (χ1n) is 6.01. The fourth-order valence-electron chi connectivity index (χ4n) is 2.33. The second kappa shape index (κ2) is 4.45. The summed E-state index contributed by atoms with van der Waals surface area (Å²) in [6.45, 7) is 0. The molecule has 0 atom stereocenters. The molecule has 5 heteroatoms. The van der Waals surface area contributed by atoms with Crippen molar-refractivity contribution in [3.05, 3.63) is 54.1 Å². The number of aromatic carboxylic acids is 1. The molecule has 3 rings (SSSR count). The van der Waals surface area contributed by atoms with Crippen LogP contribution >= 0.6 is 0 Å². The second-order valence-corrected chi connectivity index (χ2v) is 4.52. The van der Waals surface area contributed by atoms with E-state index in [0.717, 1.165) is 0 Å². The van der Waals surface area contributed by atoms with Crippen LogP contribution in [0.4, 0.5) is 4.39 Å². The molecule has 1 N–H and O–H groups in total. The number of para-hydroxylation sites is 1. The lowest BCUT2D eigenvalue weighted by atomic mass is 10.1. The van der Waals surface area contributed by atoms with Crippen LogP contribution < -0.4 is 0 Å². The van der Waals surface area contributed by atoms with Gasteiger partial charge >= 0.3 is 5.97 Å². The van der Waals surface area contributed by atoms with Crippen molar-refractivity contribution in [1.82, 2.24) is 9.55 Å². The topological polar surface area (TPSA) is 55.1 Å². The third-order valence-electron chi connectivity index (χ3n) is 3.24. The van der Waals surface area contributed by atoms with E-state index in [2.05, 4.69) is 4.98 Å². The Morgan fingerprint density at radius 3 is 2.90 bits per heavy atom. The van der Waals surface area contributed by atoms with Crippen molar-refractivity contribution < 1.29 is 14.3 Å². The Hall–Kier alpha value is -2.69. The molecule has 0 radical (unpaired) electrons. The quantitative estimate of drug-likeness (QED) is 0.778. The SMILES string of the molecule is Cn1cc(-c2cc(C(=O)O)ccn2)c2cccc(F)c21. The zero-order valence-electron chi connectivity index (χ0n) is 10.7. The van der Waals surface area contributed by atoms with Crippen LogP contribution in [0.1, 0.15) is 10.4 Å². The highest BCUT2D eigenvalue weighted by atomic mass is 19.1. The molecule has 0 aliphatic rings. The monoisotopic (exact) mass is 270 g/mol. The van der Waals surface area contributed by atoms with Crippen LogP contribution in [0, 0.1) is 5.82 Å². The van der Waals surface area contributed by atoms with Crippen LogP contribution in [0.25, 0.3) is 22.2 Å². The highest BCUT2D eigenvalue weighted by Gasteiger charge is 2.14. The predicted molar refractivity (Wildman–Crippen MR) is 73.1 cm³/mol. The van der Waals surface area contributed by atoms with Gasteiger partial charge in [0.1, 0.15) is 5.82 Å². The van der Waals surface area contributed by atoms with Crippen molar-refractivity contribution >= 4 is 16.9 Å². The van der Waals surface area contributed by atoms with Gasteiger partial charge in [-0.25, -0.2) is 9.18 Å². The number of nitrogens with zero attached hydrogens (tertiary/aromatic N) is 2. The molecule has 3 aromatic rings.